The van der Waals surface area contributed by atoms with Crippen molar-refractivity contribution in [3.8, 4) is 11.5 Å². The van der Waals surface area contributed by atoms with Crippen molar-refractivity contribution >= 4 is 29.5 Å². The number of ether oxygens (including phenoxy) is 2. The molecule has 168 valence electrons. The minimum atomic E-state index is -1.15. The van der Waals surface area contributed by atoms with Crippen LogP contribution in [0.1, 0.15) is 21.6 Å². The molecule has 33 heavy (non-hydrogen) atoms. The quantitative estimate of drug-likeness (QED) is 0.233. The molecule has 13 heteroatoms. The number of carbonyl (C=O) groups excluding carboxylic acids is 1. The molecule has 2 aromatic carbocycles. The number of nitrogens with zero attached hydrogens (tertiary/aromatic N) is 2. The molecule has 0 atom stereocenters. The molecule has 0 fully saturated rings. The second kappa shape index (κ2) is 9.38. The van der Waals surface area contributed by atoms with Gasteiger partial charge in [0.15, 0.2) is 11.5 Å². The van der Waals surface area contributed by atoms with Crippen LogP contribution in [0.4, 0.5) is 11.4 Å². The van der Waals surface area contributed by atoms with Crippen molar-refractivity contribution in [1.29, 1.82) is 0 Å². The predicted octanol–water partition coefficient (Wildman–Crippen LogP) is 2.28. The van der Waals surface area contributed by atoms with Crippen molar-refractivity contribution in [1.82, 2.24) is 9.97 Å². The summed E-state index contributed by atoms with van der Waals surface area (Å²) in [7, 11) is 1.31. The standard InChI is InChI=1S/C20H14N4O9/c1-32-16-9-11(5-7-14-17(24(30)31)18(25)22-20(27)21-14)6-8-15(16)33-19(26)12-3-2-4-13(10-12)23(28)29/h2-10H,1H3,(H2,21,22,25,27). The predicted molar refractivity (Wildman–Crippen MR) is 114 cm³/mol. The van der Waals surface area contributed by atoms with Crippen LogP contribution in [0.5, 0.6) is 11.5 Å². The molecule has 0 saturated heterocycles. The summed E-state index contributed by atoms with van der Waals surface area (Å²) in [4.78, 5) is 59.9. The molecule has 0 aliphatic carbocycles. The maximum Gasteiger partial charge on any atom is 0.357 e. The SMILES string of the molecule is COc1cc(C=Cc2[nH]c(=O)[nH]c(=O)c2[N+](=O)[O-])ccc1OC(=O)c1cccc([N+](=O)[O-])c1. The maximum absolute atomic E-state index is 12.4. The fourth-order valence-electron chi connectivity index (χ4n) is 2.76. The highest BCUT2D eigenvalue weighted by Gasteiger charge is 2.19. The van der Waals surface area contributed by atoms with Crippen molar-refractivity contribution in [3.05, 3.63) is 100 Å². The van der Waals surface area contributed by atoms with E-state index in [0.29, 0.717) is 5.56 Å². The van der Waals surface area contributed by atoms with E-state index in [4.69, 9.17) is 9.47 Å². The average Bonchev–Trinajstić information content (AvgIpc) is 2.77. The van der Waals surface area contributed by atoms with Crippen molar-refractivity contribution in [2.75, 3.05) is 7.11 Å². The Hall–Kier alpha value is -5.07. The topological polar surface area (TPSA) is 188 Å². The Labute approximate surface area is 183 Å². The van der Waals surface area contributed by atoms with Crippen molar-refractivity contribution < 1.29 is 24.1 Å². The number of hydrogen-bond donors (Lipinski definition) is 2. The van der Waals surface area contributed by atoms with E-state index in [1.54, 1.807) is 4.98 Å². The van der Waals surface area contributed by atoms with Crippen LogP contribution in [0.25, 0.3) is 12.2 Å². The number of aromatic nitrogens is 2. The number of non-ortho nitro benzene ring substituents is 1. The molecule has 0 saturated carbocycles. The van der Waals surface area contributed by atoms with Gasteiger partial charge in [-0.3, -0.25) is 30.0 Å². The number of nitro groups is 2. The largest absolute Gasteiger partial charge is 0.493 e. The van der Waals surface area contributed by atoms with Crippen molar-refractivity contribution in [2.24, 2.45) is 0 Å². The van der Waals surface area contributed by atoms with Crippen molar-refractivity contribution in [3.63, 3.8) is 0 Å². The van der Waals surface area contributed by atoms with E-state index in [1.807, 2.05) is 0 Å². The normalized spacial score (nSPS) is 10.7. The van der Waals surface area contributed by atoms with Gasteiger partial charge in [-0.15, -0.1) is 0 Å². The Balaban J connectivity index is 1.88. The Morgan fingerprint density at radius 2 is 1.73 bits per heavy atom. The summed E-state index contributed by atoms with van der Waals surface area (Å²) in [6, 6.07) is 9.29. The molecule has 0 radical (unpaired) electrons. The summed E-state index contributed by atoms with van der Waals surface area (Å²) in [6.07, 6.45) is 2.53. The number of nitrogens with one attached hydrogen (secondary N) is 2. The summed E-state index contributed by atoms with van der Waals surface area (Å²) in [5.41, 5.74) is -3.09. The minimum Gasteiger partial charge on any atom is -0.493 e. The van der Waals surface area contributed by atoms with Gasteiger partial charge in [-0.2, -0.15) is 0 Å². The van der Waals surface area contributed by atoms with Crippen LogP contribution in [-0.4, -0.2) is 32.9 Å². The molecule has 0 spiro atoms. The Morgan fingerprint density at radius 3 is 2.39 bits per heavy atom. The Bertz CT molecular complexity index is 1410. The maximum atomic E-state index is 12.4. The highest BCUT2D eigenvalue weighted by Crippen LogP contribution is 2.30. The van der Waals surface area contributed by atoms with Crippen LogP contribution in [0.15, 0.2) is 52.1 Å². The first-order valence-corrected chi connectivity index (χ1v) is 9.03. The van der Waals surface area contributed by atoms with Crippen molar-refractivity contribution in [2.45, 2.75) is 0 Å². The van der Waals surface area contributed by atoms with Crippen LogP contribution in [0, 0.1) is 20.2 Å². The van der Waals surface area contributed by atoms with Crippen LogP contribution in [0.2, 0.25) is 0 Å². The molecule has 3 rings (SSSR count). The second-order valence-electron chi connectivity index (χ2n) is 6.37. The monoisotopic (exact) mass is 454 g/mol. The van der Waals surface area contributed by atoms with Gasteiger partial charge in [0.05, 0.1) is 22.5 Å². The van der Waals surface area contributed by atoms with E-state index in [2.05, 4.69) is 4.98 Å². The summed E-state index contributed by atoms with van der Waals surface area (Å²) >= 11 is 0. The van der Waals surface area contributed by atoms with Gasteiger partial charge in [0.25, 0.3) is 5.69 Å². The molecular formula is C20H14N4O9. The van der Waals surface area contributed by atoms with Gasteiger partial charge < -0.3 is 14.5 Å². The van der Waals surface area contributed by atoms with Gasteiger partial charge in [-0.25, -0.2) is 9.59 Å². The number of carbonyl (C=O) groups is 1. The molecule has 3 aromatic rings. The van der Waals surface area contributed by atoms with E-state index in [-0.39, 0.29) is 28.4 Å². The first kappa shape index (κ1) is 22.6. The van der Waals surface area contributed by atoms with E-state index in [9.17, 15) is 34.6 Å². The molecule has 13 nitrogen and oxygen atoms in total. The molecule has 1 aromatic heterocycles. The first-order chi connectivity index (χ1) is 15.7. The molecule has 2 N–H and O–H groups in total. The van der Waals surface area contributed by atoms with Crippen LogP contribution < -0.4 is 20.7 Å². The number of esters is 1. The molecule has 0 amide bonds. The highest BCUT2D eigenvalue weighted by molar-refractivity contribution is 5.92. The lowest BCUT2D eigenvalue weighted by atomic mass is 10.1. The lowest BCUT2D eigenvalue weighted by Crippen LogP contribution is -2.25. The molecule has 0 aliphatic heterocycles. The lowest BCUT2D eigenvalue weighted by molar-refractivity contribution is -0.386. The number of benzene rings is 2. The van der Waals surface area contributed by atoms with Crippen LogP contribution in [-0.2, 0) is 0 Å². The third-order valence-electron chi connectivity index (χ3n) is 4.25. The third-order valence-corrected chi connectivity index (χ3v) is 4.25. The Kier molecular flexibility index (Phi) is 6.43. The number of rotatable bonds is 7. The van der Waals surface area contributed by atoms with E-state index in [1.165, 1.54) is 55.7 Å². The average molecular weight is 454 g/mol. The zero-order valence-electron chi connectivity index (χ0n) is 16.8. The first-order valence-electron chi connectivity index (χ1n) is 9.03. The molecule has 0 bridgehead atoms. The fourth-order valence-corrected chi connectivity index (χ4v) is 2.76. The number of H-pyrrole nitrogens is 2. The van der Waals surface area contributed by atoms with E-state index >= 15 is 0 Å². The van der Waals surface area contributed by atoms with Gasteiger partial charge in [0.1, 0.15) is 5.69 Å². The third kappa shape index (κ3) is 5.16. The van der Waals surface area contributed by atoms with E-state index in [0.717, 1.165) is 6.07 Å². The lowest BCUT2D eigenvalue weighted by Gasteiger charge is -2.10. The van der Waals surface area contributed by atoms with Gasteiger partial charge in [0, 0.05) is 12.1 Å². The summed E-state index contributed by atoms with van der Waals surface area (Å²) in [6.45, 7) is 0. The summed E-state index contributed by atoms with van der Waals surface area (Å²) < 4.78 is 10.5. The highest BCUT2D eigenvalue weighted by atomic mass is 16.6. The van der Waals surface area contributed by atoms with Crippen LogP contribution >= 0.6 is 0 Å². The Morgan fingerprint density at radius 1 is 0.970 bits per heavy atom. The fraction of sp³-hybridized carbons (Fsp3) is 0.0500. The summed E-state index contributed by atoms with van der Waals surface area (Å²) in [5, 5.41) is 22.0. The van der Waals surface area contributed by atoms with Gasteiger partial charge in [-0.1, -0.05) is 18.2 Å². The second-order valence-corrected chi connectivity index (χ2v) is 6.37. The van der Waals surface area contributed by atoms with Crippen LogP contribution in [0.3, 0.4) is 0 Å². The molecular weight excluding hydrogens is 440 g/mol. The smallest absolute Gasteiger partial charge is 0.357 e. The van der Waals surface area contributed by atoms with Gasteiger partial charge in [-0.05, 0) is 29.8 Å². The number of nitro benzene ring substituents is 1. The minimum absolute atomic E-state index is 0.0155. The number of hydrogen-bond acceptors (Lipinski definition) is 9. The summed E-state index contributed by atoms with van der Waals surface area (Å²) in [5.74, 6) is -0.719. The zero-order chi connectivity index (χ0) is 24.1. The van der Waals surface area contributed by atoms with Gasteiger partial charge in [0.2, 0.25) is 0 Å². The molecule has 0 unspecified atom stereocenters. The molecule has 1 heterocycles. The number of methoxy groups -OCH3 is 1. The number of aromatic amines is 2. The van der Waals surface area contributed by atoms with Gasteiger partial charge >= 0.3 is 22.9 Å². The zero-order valence-corrected chi connectivity index (χ0v) is 16.8. The molecule has 0 aliphatic rings. The van der Waals surface area contributed by atoms with E-state index < -0.39 is 32.8 Å².